The lowest BCUT2D eigenvalue weighted by Crippen LogP contribution is -2.29. The molecular weight excluding hydrogens is 287 g/mol. The molecule has 1 fully saturated rings. The molecule has 0 bridgehead atoms. The summed E-state index contributed by atoms with van der Waals surface area (Å²) in [4.78, 5) is 11.6. The molecule has 1 aromatic rings. The van der Waals surface area contributed by atoms with Gasteiger partial charge in [-0.25, -0.2) is 0 Å². The Hall–Kier alpha value is -0.780. The maximum Gasteiger partial charge on any atom is 0.422 e. The number of hydrogen-bond donors (Lipinski definition) is 0. The van der Waals surface area contributed by atoms with Crippen molar-refractivity contribution in [2.75, 3.05) is 0 Å². The van der Waals surface area contributed by atoms with Crippen LogP contribution in [0.3, 0.4) is 0 Å². The van der Waals surface area contributed by atoms with Crippen LogP contribution >= 0.6 is 15.9 Å². The Kier molecular flexibility index (Phi) is 2.86. The molecule has 0 atom stereocenters. The number of rotatable bonds is 2. The van der Waals surface area contributed by atoms with Gasteiger partial charge in [-0.15, -0.1) is 0 Å². The summed E-state index contributed by atoms with van der Waals surface area (Å²) in [5.41, 5.74) is -2.08. The van der Waals surface area contributed by atoms with Crippen LogP contribution in [0.25, 0.3) is 0 Å². The Bertz CT molecular complexity index is 462. The van der Waals surface area contributed by atoms with E-state index in [1.54, 1.807) is 0 Å². The fourth-order valence-electron chi connectivity index (χ4n) is 1.53. The van der Waals surface area contributed by atoms with Crippen molar-refractivity contribution < 1.29 is 13.2 Å². The summed E-state index contributed by atoms with van der Waals surface area (Å²) < 4.78 is 38.7. The van der Waals surface area contributed by atoms with Crippen LogP contribution in [0.15, 0.2) is 21.5 Å². The average Bonchev–Trinajstić information content (AvgIpc) is 2.91. The summed E-state index contributed by atoms with van der Waals surface area (Å²) in [6.07, 6.45) is -1.23. The third kappa shape index (κ3) is 2.31. The van der Waals surface area contributed by atoms with Gasteiger partial charge in [-0.05, 0) is 40.8 Å². The molecule has 0 unspecified atom stereocenters. The van der Waals surface area contributed by atoms with Crippen LogP contribution in [-0.2, 0) is 12.7 Å². The predicted molar refractivity (Wildman–Crippen MR) is 56.1 cm³/mol. The van der Waals surface area contributed by atoms with Gasteiger partial charge in [0, 0.05) is 17.2 Å². The molecule has 0 amide bonds. The van der Waals surface area contributed by atoms with E-state index in [9.17, 15) is 18.0 Å². The number of aromatic nitrogens is 1. The minimum Gasteiger partial charge on any atom is -0.315 e. The smallest absolute Gasteiger partial charge is 0.315 e. The zero-order valence-corrected chi connectivity index (χ0v) is 9.81. The quantitative estimate of drug-likeness (QED) is 0.822. The van der Waals surface area contributed by atoms with Crippen LogP contribution in [0.1, 0.15) is 18.4 Å². The highest BCUT2D eigenvalue weighted by Gasteiger charge is 2.37. The second-order valence-electron chi connectivity index (χ2n) is 3.94. The van der Waals surface area contributed by atoms with E-state index in [2.05, 4.69) is 15.9 Å². The van der Waals surface area contributed by atoms with Gasteiger partial charge < -0.3 is 4.57 Å². The highest BCUT2D eigenvalue weighted by Crippen LogP contribution is 2.33. The van der Waals surface area contributed by atoms with E-state index >= 15 is 0 Å². The van der Waals surface area contributed by atoms with E-state index in [0.29, 0.717) is 12.5 Å². The second kappa shape index (κ2) is 3.91. The Morgan fingerprint density at radius 1 is 1.44 bits per heavy atom. The average molecular weight is 296 g/mol. The van der Waals surface area contributed by atoms with Crippen molar-refractivity contribution in [2.24, 2.45) is 5.92 Å². The molecule has 1 saturated carbocycles. The molecule has 0 aromatic carbocycles. The highest BCUT2D eigenvalue weighted by atomic mass is 79.9. The predicted octanol–water partition coefficient (Wildman–Crippen LogP) is 3.04. The molecule has 0 radical (unpaired) electrons. The molecule has 1 heterocycles. The third-order valence-electron chi connectivity index (χ3n) is 2.55. The van der Waals surface area contributed by atoms with Gasteiger partial charge in [-0.2, -0.15) is 13.2 Å². The van der Waals surface area contributed by atoms with Crippen LogP contribution in [0.4, 0.5) is 13.2 Å². The molecule has 6 heteroatoms. The summed E-state index contributed by atoms with van der Waals surface area (Å²) in [6, 6.07) is 1.27. The van der Waals surface area contributed by atoms with E-state index in [1.807, 2.05) is 0 Å². The van der Waals surface area contributed by atoms with E-state index in [4.69, 9.17) is 0 Å². The van der Waals surface area contributed by atoms with Gasteiger partial charge in [0.2, 0.25) is 0 Å². The van der Waals surface area contributed by atoms with Gasteiger partial charge in [-0.1, -0.05) is 0 Å². The number of alkyl halides is 3. The van der Waals surface area contributed by atoms with Gasteiger partial charge in [0.05, 0.1) is 0 Å². The lowest BCUT2D eigenvalue weighted by Gasteiger charge is -2.11. The molecule has 1 aliphatic carbocycles. The first-order valence-corrected chi connectivity index (χ1v) is 5.65. The van der Waals surface area contributed by atoms with Crippen LogP contribution in [0.5, 0.6) is 0 Å². The Morgan fingerprint density at radius 2 is 2.06 bits per heavy atom. The topological polar surface area (TPSA) is 22.0 Å². The largest absolute Gasteiger partial charge is 0.422 e. The first kappa shape index (κ1) is 11.7. The van der Waals surface area contributed by atoms with Crippen LogP contribution < -0.4 is 5.56 Å². The lowest BCUT2D eigenvalue weighted by atomic mass is 10.2. The lowest BCUT2D eigenvalue weighted by molar-refractivity contribution is -0.139. The van der Waals surface area contributed by atoms with Crippen molar-refractivity contribution in [1.82, 2.24) is 4.57 Å². The maximum absolute atomic E-state index is 12.6. The Morgan fingerprint density at radius 3 is 2.56 bits per heavy atom. The monoisotopic (exact) mass is 295 g/mol. The van der Waals surface area contributed by atoms with Gasteiger partial charge in [0.25, 0.3) is 5.56 Å². The van der Waals surface area contributed by atoms with Gasteiger partial charge >= 0.3 is 6.18 Å². The molecule has 88 valence electrons. The second-order valence-corrected chi connectivity index (χ2v) is 4.79. The third-order valence-corrected chi connectivity index (χ3v) is 3.21. The number of hydrogen-bond acceptors (Lipinski definition) is 1. The normalized spacial score (nSPS) is 16.5. The van der Waals surface area contributed by atoms with Crippen molar-refractivity contribution in [3.8, 4) is 0 Å². The van der Waals surface area contributed by atoms with Crippen molar-refractivity contribution in [3.63, 3.8) is 0 Å². The van der Waals surface area contributed by atoms with Crippen LogP contribution in [0.2, 0.25) is 0 Å². The SMILES string of the molecule is O=c1c(C(F)(F)F)c(Br)ccn1CC1CC1. The summed E-state index contributed by atoms with van der Waals surface area (Å²) in [5, 5.41) is 0. The van der Waals surface area contributed by atoms with Crippen molar-refractivity contribution in [2.45, 2.75) is 25.6 Å². The molecule has 2 rings (SSSR count). The summed E-state index contributed by atoms with van der Waals surface area (Å²) in [7, 11) is 0. The molecule has 1 aliphatic rings. The zero-order chi connectivity index (χ0) is 11.9. The van der Waals surface area contributed by atoms with Crippen molar-refractivity contribution >= 4 is 15.9 Å². The molecule has 2 nitrogen and oxygen atoms in total. The molecule has 16 heavy (non-hydrogen) atoms. The van der Waals surface area contributed by atoms with Gasteiger partial charge in [0.15, 0.2) is 0 Å². The van der Waals surface area contributed by atoms with Gasteiger partial charge in [0.1, 0.15) is 5.56 Å². The minimum absolute atomic E-state index is 0.197. The van der Waals surface area contributed by atoms with E-state index < -0.39 is 17.3 Å². The highest BCUT2D eigenvalue weighted by molar-refractivity contribution is 9.10. The fourth-order valence-corrected chi connectivity index (χ4v) is 2.04. The van der Waals surface area contributed by atoms with Crippen molar-refractivity contribution in [1.29, 1.82) is 0 Å². The molecule has 0 saturated heterocycles. The molecule has 0 N–H and O–H groups in total. The molecule has 1 aromatic heterocycles. The zero-order valence-electron chi connectivity index (χ0n) is 8.22. The van der Waals surface area contributed by atoms with Crippen LogP contribution in [-0.4, -0.2) is 4.57 Å². The van der Waals surface area contributed by atoms with Gasteiger partial charge in [-0.3, -0.25) is 4.79 Å². The molecule has 0 aliphatic heterocycles. The Balaban J connectivity index is 2.46. The standard InChI is InChI=1S/C10H9BrF3NO/c11-7-3-4-15(5-6-1-2-6)9(16)8(7)10(12,13)14/h3-4,6H,1-2,5H2. The first-order chi connectivity index (χ1) is 7.39. The van der Waals surface area contributed by atoms with Crippen molar-refractivity contribution in [3.05, 3.63) is 32.7 Å². The Labute approximate surface area is 98.2 Å². The van der Waals surface area contributed by atoms with E-state index in [1.165, 1.54) is 12.3 Å². The van der Waals surface area contributed by atoms with E-state index in [-0.39, 0.29) is 4.47 Å². The number of pyridine rings is 1. The summed E-state index contributed by atoms with van der Waals surface area (Å²) in [5.74, 6) is 0.361. The summed E-state index contributed by atoms with van der Waals surface area (Å²) in [6.45, 7) is 0.384. The fraction of sp³-hybridized carbons (Fsp3) is 0.500. The van der Waals surface area contributed by atoms with Crippen LogP contribution in [0, 0.1) is 5.92 Å². The number of halogens is 4. The maximum atomic E-state index is 12.6. The van der Waals surface area contributed by atoms with E-state index in [0.717, 1.165) is 17.4 Å². The minimum atomic E-state index is -4.61. The molecular formula is C10H9BrF3NO. The summed E-state index contributed by atoms with van der Waals surface area (Å²) >= 11 is 2.77. The number of nitrogens with zero attached hydrogens (tertiary/aromatic N) is 1. The molecule has 0 spiro atoms. The first-order valence-electron chi connectivity index (χ1n) is 4.85.